The van der Waals surface area contributed by atoms with Gasteiger partial charge in [-0.1, -0.05) is 0 Å². The predicted molar refractivity (Wildman–Crippen MR) is 91.9 cm³/mol. The number of nitrogens with one attached hydrogen (secondary N) is 1. The quantitative estimate of drug-likeness (QED) is 0.843. The second-order valence-corrected chi connectivity index (χ2v) is 8.30. The lowest BCUT2D eigenvalue weighted by Crippen LogP contribution is -2.48. The Labute approximate surface area is 148 Å². The van der Waals surface area contributed by atoms with Crippen molar-refractivity contribution in [3.63, 3.8) is 0 Å². The monoisotopic (exact) mass is 368 g/mol. The second kappa shape index (κ2) is 7.72. The van der Waals surface area contributed by atoms with E-state index in [9.17, 15) is 13.2 Å². The molecular weight excluding hydrogens is 344 g/mol. The first-order valence-corrected chi connectivity index (χ1v) is 10.0. The smallest absolute Gasteiger partial charge is 0.249 e. The highest BCUT2D eigenvalue weighted by Gasteiger charge is 2.31. The van der Waals surface area contributed by atoms with E-state index in [4.69, 9.17) is 9.47 Å². The average Bonchev–Trinajstić information content (AvgIpc) is 3.17. The standard InChI is InChI=1S/C17H24N2O5S/c1-23-14-4-6-15(7-5-14)25(21,22)19-10-8-13(9-11-19)18-17(20)16-3-2-12-24-16/h4-7,13,16H,2-3,8-12H2,1H3,(H,18,20). The van der Waals surface area contributed by atoms with Gasteiger partial charge in [0.05, 0.1) is 12.0 Å². The van der Waals surface area contributed by atoms with Gasteiger partial charge in [-0.15, -0.1) is 0 Å². The number of carbonyl (C=O) groups excluding carboxylic acids is 1. The topological polar surface area (TPSA) is 84.9 Å². The highest BCUT2D eigenvalue weighted by atomic mass is 32.2. The van der Waals surface area contributed by atoms with Crippen LogP contribution in [0.5, 0.6) is 5.75 Å². The third-order valence-corrected chi connectivity index (χ3v) is 6.63. The van der Waals surface area contributed by atoms with E-state index in [1.54, 1.807) is 31.4 Å². The molecule has 0 aromatic heterocycles. The first-order chi connectivity index (χ1) is 12.0. The molecule has 1 amide bonds. The summed E-state index contributed by atoms with van der Waals surface area (Å²) in [5.41, 5.74) is 0. The predicted octanol–water partition coefficient (Wildman–Crippen LogP) is 1.14. The van der Waals surface area contributed by atoms with Crippen LogP contribution in [-0.2, 0) is 19.6 Å². The van der Waals surface area contributed by atoms with Gasteiger partial charge < -0.3 is 14.8 Å². The number of piperidine rings is 1. The van der Waals surface area contributed by atoms with Crippen LogP contribution in [0.3, 0.4) is 0 Å². The maximum atomic E-state index is 12.7. The molecule has 0 aliphatic carbocycles. The molecule has 1 aromatic rings. The van der Waals surface area contributed by atoms with Crippen molar-refractivity contribution in [2.75, 3.05) is 26.8 Å². The Morgan fingerprint density at radius 2 is 1.88 bits per heavy atom. The molecule has 2 fully saturated rings. The van der Waals surface area contributed by atoms with Crippen molar-refractivity contribution < 1.29 is 22.7 Å². The first kappa shape index (κ1) is 18.2. The Morgan fingerprint density at radius 1 is 1.20 bits per heavy atom. The van der Waals surface area contributed by atoms with E-state index in [2.05, 4.69) is 5.32 Å². The number of hydrogen-bond donors (Lipinski definition) is 1. The Kier molecular flexibility index (Phi) is 5.61. The van der Waals surface area contributed by atoms with Gasteiger partial charge in [-0.2, -0.15) is 4.31 Å². The molecule has 0 saturated carbocycles. The molecule has 25 heavy (non-hydrogen) atoms. The molecule has 138 valence electrons. The maximum absolute atomic E-state index is 12.7. The van der Waals surface area contributed by atoms with E-state index in [0.29, 0.717) is 38.3 Å². The second-order valence-electron chi connectivity index (χ2n) is 6.36. The number of rotatable bonds is 5. The molecule has 1 atom stereocenters. The molecule has 0 bridgehead atoms. The van der Waals surface area contributed by atoms with E-state index in [1.165, 1.54) is 4.31 Å². The van der Waals surface area contributed by atoms with Gasteiger partial charge in [0.1, 0.15) is 11.9 Å². The van der Waals surface area contributed by atoms with Crippen LogP contribution in [0.2, 0.25) is 0 Å². The number of sulfonamides is 1. The Bertz CT molecular complexity index is 690. The minimum atomic E-state index is -3.51. The van der Waals surface area contributed by atoms with Crippen LogP contribution >= 0.6 is 0 Å². The lowest BCUT2D eigenvalue weighted by molar-refractivity contribution is -0.131. The number of benzene rings is 1. The molecule has 1 N–H and O–H groups in total. The highest BCUT2D eigenvalue weighted by Crippen LogP contribution is 2.23. The van der Waals surface area contributed by atoms with Gasteiger partial charge in [0, 0.05) is 25.7 Å². The number of carbonyl (C=O) groups is 1. The molecular formula is C17H24N2O5S. The van der Waals surface area contributed by atoms with Crippen molar-refractivity contribution in [3.05, 3.63) is 24.3 Å². The van der Waals surface area contributed by atoms with Crippen molar-refractivity contribution >= 4 is 15.9 Å². The van der Waals surface area contributed by atoms with Crippen LogP contribution in [0.15, 0.2) is 29.2 Å². The third kappa shape index (κ3) is 4.13. The molecule has 2 saturated heterocycles. The van der Waals surface area contributed by atoms with Crippen LogP contribution in [0.25, 0.3) is 0 Å². The molecule has 8 heteroatoms. The Hall–Kier alpha value is -1.64. The van der Waals surface area contributed by atoms with Gasteiger partial charge in [0.2, 0.25) is 15.9 Å². The van der Waals surface area contributed by atoms with Gasteiger partial charge in [0.25, 0.3) is 0 Å². The Morgan fingerprint density at radius 3 is 2.44 bits per heavy atom. The largest absolute Gasteiger partial charge is 0.497 e. The molecule has 3 rings (SSSR count). The van der Waals surface area contributed by atoms with Gasteiger partial charge in [-0.05, 0) is 49.9 Å². The zero-order valence-corrected chi connectivity index (χ0v) is 15.1. The minimum Gasteiger partial charge on any atom is -0.497 e. The van der Waals surface area contributed by atoms with Crippen LogP contribution in [0, 0.1) is 0 Å². The Balaban J connectivity index is 1.56. The molecule has 2 aliphatic rings. The van der Waals surface area contributed by atoms with Crippen molar-refractivity contribution in [2.45, 2.75) is 42.7 Å². The number of amides is 1. The van der Waals surface area contributed by atoms with Gasteiger partial charge in [-0.25, -0.2) is 8.42 Å². The average molecular weight is 368 g/mol. The fraction of sp³-hybridized carbons (Fsp3) is 0.588. The number of methoxy groups -OCH3 is 1. The third-order valence-electron chi connectivity index (χ3n) is 4.72. The summed E-state index contributed by atoms with van der Waals surface area (Å²) >= 11 is 0. The number of ether oxygens (including phenoxy) is 2. The van der Waals surface area contributed by atoms with Crippen LogP contribution in [0.4, 0.5) is 0 Å². The van der Waals surface area contributed by atoms with Crippen molar-refractivity contribution in [3.8, 4) is 5.75 Å². The lowest BCUT2D eigenvalue weighted by Gasteiger charge is -2.32. The molecule has 1 aromatic carbocycles. The minimum absolute atomic E-state index is 0.000910. The summed E-state index contributed by atoms with van der Waals surface area (Å²) in [4.78, 5) is 12.4. The van der Waals surface area contributed by atoms with Gasteiger partial charge >= 0.3 is 0 Å². The van der Waals surface area contributed by atoms with Gasteiger partial charge in [-0.3, -0.25) is 4.79 Å². The summed E-state index contributed by atoms with van der Waals surface area (Å²) in [5, 5.41) is 2.99. The van der Waals surface area contributed by atoms with E-state index in [0.717, 1.165) is 12.8 Å². The fourth-order valence-corrected chi connectivity index (χ4v) is 4.69. The number of hydrogen-bond acceptors (Lipinski definition) is 5. The summed E-state index contributed by atoms with van der Waals surface area (Å²) in [6.45, 7) is 1.42. The zero-order valence-electron chi connectivity index (χ0n) is 14.3. The summed E-state index contributed by atoms with van der Waals surface area (Å²) in [5.74, 6) is 0.545. The SMILES string of the molecule is COc1ccc(S(=O)(=O)N2CCC(NC(=O)C3CCCO3)CC2)cc1. The molecule has 1 unspecified atom stereocenters. The normalized spacial score (nSPS) is 22.7. The highest BCUT2D eigenvalue weighted by molar-refractivity contribution is 7.89. The van der Waals surface area contributed by atoms with Gasteiger partial charge in [0.15, 0.2) is 0 Å². The maximum Gasteiger partial charge on any atom is 0.249 e. The number of nitrogens with zero attached hydrogens (tertiary/aromatic N) is 1. The molecule has 2 aliphatic heterocycles. The summed E-state index contributed by atoms with van der Waals surface area (Å²) in [7, 11) is -1.97. The summed E-state index contributed by atoms with van der Waals surface area (Å²) in [6, 6.07) is 6.39. The van der Waals surface area contributed by atoms with E-state index >= 15 is 0 Å². The molecule has 2 heterocycles. The van der Waals surface area contributed by atoms with Crippen molar-refractivity contribution in [1.29, 1.82) is 0 Å². The first-order valence-electron chi connectivity index (χ1n) is 8.57. The van der Waals surface area contributed by atoms with E-state index in [-0.39, 0.29) is 22.9 Å². The molecule has 7 nitrogen and oxygen atoms in total. The van der Waals surface area contributed by atoms with E-state index < -0.39 is 10.0 Å². The molecule has 0 spiro atoms. The van der Waals surface area contributed by atoms with Crippen LogP contribution in [-0.4, -0.2) is 57.6 Å². The fourth-order valence-electron chi connectivity index (χ4n) is 3.22. The zero-order chi connectivity index (χ0) is 17.9. The molecule has 0 radical (unpaired) electrons. The van der Waals surface area contributed by atoms with Crippen LogP contribution < -0.4 is 10.1 Å². The van der Waals surface area contributed by atoms with Crippen molar-refractivity contribution in [2.24, 2.45) is 0 Å². The lowest BCUT2D eigenvalue weighted by atomic mass is 10.1. The summed E-state index contributed by atoms with van der Waals surface area (Å²) < 4.78 is 37.3. The summed E-state index contributed by atoms with van der Waals surface area (Å²) in [6.07, 6.45) is 2.54. The van der Waals surface area contributed by atoms with Crippen LogP contribution in [0.1, 0.15) is 25.7 Å². The van der Waals surface area contributed by atoms with E-state index in [1.807, 2.05) is 0 Å². The van der Waals surface area contributed by atoms with Crippen molar-refractivity contribution in [1.82, 2.24) is 9.62 Å².